The molecule has 100 valence electrons. The van der Waals surface area contributed by atoms with Crippen LogP contribution in [-0.2, 0) is 9.59 Å². The molecule has 0 radical (unpaired) electrons. The molecule has 1 aliphatic rings. The Bertz CT molecular complexity index is 570. The standard InChI is InChI=1S/C12H14N4O3/c1-16-9(17)5-8(12(16)19)15-10-6(11(14)18)3-2-4-7(10)13/h2-4,8,15H,5,13H2,1H3,(H2,14,18). The van der Waals surface area contributed by atoms with Gasteiger partial charge in [-0.05, 0) is 12.1 Å². The maximum absolute atomic E-state index is 11.8. The average Bonchev–Trinajstić information content (AvgIpc) is 2.59. The summed E-state index contributed by atoms with van der Waals surface area (Å²) in [5.74, 6) is -1.29. The van der Waals surface area contributed by atoms with Gasteiger partial charge in [0.15, 0.2) is 0 Å². The van der Waals surface area contributed by atoms with Gasteiger partial charge in [-0.1, -0.05) is 6.07 Å². The van der Waals surface area contributed by atoms with E-state index in [1.165, 1.54) is 13.1 Å². The van der Waals surface area contributed by atoms with Crippen molar-refractivity contribution in [2.45, 2.75) is 12.5 Å². The number of carbonyl (C=O) groups is 3. The molecule has 1 aromatic carbocycles. The number of anilines is 2. The van der Waals surface area contributed by atoms with E-state index in [4.69, 9.17) is 11.5 Å². The summed E-state index contributed by atoms with van der Waals surface area (Å²) in [7, 11) is 1.41. The van der Waals surface area contributed by atoms with Gasteiger partial charge < -0.3 is 16.8 Å². The molecule has 1 fully saturated rings. The third-order valence-electron chi connectivity index (χ3n) is 3.06. The van der Waals surface area contributed by atoms with Gasteiger partial charge in [-0.15, -0.1) is 0 Å². The number of amides is 3. The molecule has 1 aromatic rings. The zero-order chi connectivity index (χ0) is 14.2. The van der Waals surface area contributed by atoms with E-state index >= 15 is 0 Å². The number of hydrogen-bond acceptors (Lipinski definition) is 5. The highest BCUT2D eigenvalue weighted by atomic mass is 16.2. The van der Waals surface area contributed by atoms with Crippen molar-refractivity contribution >= 4 is 29.1 Å². The number of nitrogens with two attached hydrogens (primary N) is 2. The lowest BCUT2D eigenvalue weighted by Gasteiger charge is -2.16. The molecule has 0 aliphatic carbocycles. The van der Waals surface area contributed by atoms with E-state index in [0.717, 1.165) is 4.90 Å². The van der Waals surface area contributed by atoms with Crippen molar-refractivity contribution in [1.29, 1.82) is 0 Å². The number of likely N-dealkylation sites (tertiary alicyclic amines) is 1. The minimum Gasteiger partial charge on any atom is -0.397 e. The van der Waals surface area contributed by atoms with Crippen molar-refractivity contribution in [2.75, 3.05) is 18.1 Å². The Kier molecular flexibility index (Phi) is 3.12. The summed E-state index contributed by atoms with van der Waals surface area (Å²) >= 11 is 0. The van der Waals surface area contributed by atoms with Gasteiger partial charge >= 0.3 is 0 Å². The average molecular weight is 262 g/mol. The first-order chi connectivity index (χ1) is 8.91. The van der Waals surface area contributed by atoms with Crippen LogP contribution in [0.4, 0.5) is 11.4 Å². The molecule has 0 saturated carbocycles. The van der Waals surface area contributed by atoms with Crippen molar-refractivity contribution in [2.24, 2.45) is 5.73 Å². The van der Waals surface area contributed by atoms with Crippen LogP contribution in [0, 0.1) is 0 Å². The highest BCUT2D eigenvalue weighted by molar-refractivity contribution is 6.08. The Labute approximate surface area is 109 Å². The predicted molar refractivity (Wildman–Crippen MR) is 69.2 cm³/mol. The van der Waals surface area contributed by atoms with Crippen molar-refractivity contribution in [3.8, 4) is 0 Å². The fraction of sp³-hybridized carbons (Fsp3) is 0.250. The zero-order valence-corrected chi connectivity index (χ0v) is 10.3. The highest BCUT2D eigenvalue weighted by Gasteiger charge is 2.36. The third kappa shape index (κ3) is 2.22. The minimum absolute atomic E-state index is 0.0296. The maximum atomic E-state index is 11.8. The number of primary amides is 1. The molecule has 0 bridgehead atoms. The van der Waals surface area contributed by atoms with Crippen LogP contribution in [0.3, 0.4) is 0 Å². The number of imide groups is 1. The Morgan fingerprint density at radius 2 is 2.11 bits per heavy atom. The van der Waals surface area contributed by atoms with E-state index in [0.29, 0.717) is 5.69 Å². The molecule has 2 rings (SSSR count). The summed E-state index contributed by atoms with van der Waals surface area (Å²) in [6.07, 6.45) is 0.0296. The molecule has 1 aliphatic heterocycles. The second-order valence-electron chi connectivity index (χ2n) is 4.33. The number of nitrogens with zero attached hydrogens (tertiary/aromatic N) is 1. The first-order valence-electron chi connectivity index (χ1n) is 5.67. The topological polar surface area (TPSA) is 119 Å². The molecular formula is C12H14N4O3. The van der Waals surface area contributed by atoms with Crippen LogP contribution in [0.25, 0.3) is 0 Å². The quantitative estimate of drug-likeness (QED) is 0.503. The zero-order valence-electron chi connectivity index (χ0n) is 10.3. The molecule has 0 aromatic heterocycles. The van der Waals surface area contributed by atoms with Gasteiger partial charge in [0.25, 0.3) is 11.8 Å². The van der Waals surface area contributed by atoms with Crippen LogP contribution in [0.1, 0.15) is 16.8 Å². The van der Waals surface area contributed by atoms with Crippen LogP contribution in [0.2, 0.25) is 0 Å². The highest BCUT2D eigenvalue weighted by Crippen LogP contribution is 2.26. The molecule has 1 heterocycles. The van der Waals surface area contributed by atoms with Crippen molar-refractivity contribution in [1.82, 2.24) is 4.90 Å². The van der Waals surface area contributed by atoms with Crippen LogP contribution in [0.15, 0.2) is 18.2 Å². The van der Waals surface area contributed by atoms with Gasteiger partial charge in [0.1, 0.15) is 6.04 Å². The predicted octanol–water partition coefficient (Wildman–Crippen LogP) is -0.463. The van der Waals surface area contributed by atoms with Gasteiger partial charge in [0.05, 0.1) is 23.4 Å². The summed E-state index contributed by atoms with van der Waals surface area (Å²) in [6, 6.07) is 3.96. The van der Waals surface area contributed by atoms with Gasteiger partial charge in [-0.2, -0.15) is 0 Å². The Morgan fingerprint density at radius 3 is 2.63 bits per heavy atom. The minimum atomic E-state index is -0.722. The summed E-state index contributed by atoms with van der Waals surface area (Å²) in [6.45, 7) is 0. The molecule has 3 amide bonds. The normalized spacial score (nSPS) is 18.8. The van der Waals surface area contributed by atoms with E-state index in [9.17, 15) is 14.4 Å². The SMILES string of the molecule is CN1C(=O)CC(Nc2c(N)cccc2C(N)=O)C1=O. The fourth-order valence-electron chi connectivity index (χ4n) is 1.98. The first kappa shape index (κ1) is 12.9. The summed E-state index contributed by atoms with van der Waals surface area (Å²) < 4.78 is 0. The summed E-state index contributed by atoms with van der Waals surface area (Å²) in [4.78, 5) is 35.6. The molecule has 0 spiro atoms. The van der Waals surface area contributed by atoms with E-state index < -0.39 is 11.9 Å². The number of benzene rings is 1. The molecule has 1 atom stereocenters. The Morgan fingerprint density at radius 1 is 1.42 bits per heavy atom. The molecule has 19 heavy (non-hydrogen) atoms. The van der Waals surface area contributed by atoms with E-state index in [-0.39, 0.29) is 29.5 Å². The molecular weight excluding hydrogens is 248 g/mol. The van der Waals surface area contributed by atoms with Gasteiger partial charge in [0.2, 0.25) is 5.91 Å². The second-order valence-corrected chi connectivity index (χ2v) is 4.33. The number of rotatable bonds is 3. The Hall–Kier alpha value is -2.57. The summed E-state index contributed by atoms with van der Waals surface area (Å²) in [5.41, 5.74) is 11.8. The lowest BCUT2D eigenvalue weighted by molar-refractivity contribution is -0.136. The largest absolute Gasteiger partial charge is 0.397 e. The van der Waals surface area contributed by atoms with E-state index in [1.807, 2.05) is 0 Å². The second kappa shape index (κ2) is 4.60. The lowest BCUT2D eigenvalue weighted by atomic mass is 10.1. The number of hydrogen-bond donors (Lipinski definition) is 3. The number of carbonyl (C=O) groups excluding carboxylic acids is 3. The molecule has 7 heteroatoms. The van der Waals surface area contributed by atoms with Crippen LogP contribution < -0.4 is 16.8 Å². The van der Waals surface area contributed by atoms with Crippen LogP contribution >= 0.6 is 0 Å². The number of nitrogens with one attached hydrogen (secondary N) is 1. The first-order valence-corrected chi connectivity index (χ1v) is 5.67. The van der Waals surface area contributed by atoms with Crippen LogP contribution in [-0.4, -0.2) is 35.7 Å². The van der Waals surface area contributed by atoms with Crippen molar-refractivity contribution < 1.29 is 14.4 Å². The van der Waals surface area contributed by atoms with E-state index in [2.05, 4.69) is 5.32 Å². The summed E-state index contributed by atoms with van der Waals surface area (Å²) in [5, 5.41) is 2.83. The number of nitrogen functional groups attached to an aromatic ring is 1. The monoisotopic (exact) mass is 262 g/mol. The fourth-order valence-corrected chi connectivity index (χ4v) is 1.98. The number of para-hydroxylation sites is 1. The molecule has 7 nitrogen and oxygen atoms in total. The van der Waals surface area contributed by atoms with Crippen LogP contribution in [0.5, 0.6) is 0 Å². The lowest BCUT2D eigenvalue weighted by Crippen LogP contribution is -2.32. The van der Waals surface area contributed by atoms with Gasteiger partial charge in [-0.25, -0.2) is 0 Å². The van der Waals surface area contributed by atoms with Crippen molar-refractivity contribution in [3.05, 3.63) is 23.8 Å². The van der Waals surface area contributed by atoms with Gasteiger partial charge in [0, 0.05) is 7.05 Å². The smallest absolute Gasteiger partial charge is 0.251 e. The molecule has 1 saturated heterocycles. The maximum Gasteiger partial charge on any atom is 0.251 e. The Balaban J connectivity index is 2.32. The van der Waals surface area contributed by atoms with Gasteiger partial charge in [-0.3, -0.25) is 19.3 Å². The molecule has 5 N–H and O–H groups in total. The number of likely N-dealkylation sites (N-methyl/N-ethyl adjacent to an activating group) is 1. The molecule has 1 unspecified atom stereocenters. The van der Waals surface area contributed by atoms with Crippen molar-refractivity contribution in [3.63, 3.8) is 0 Å². The van der Waals surface area contributed by atoms with E-state index in [1.54, 1.807) is 12.1 Å². The third-order valence-corrected chi connectivity index (χ3v) is 3.06.